The molecule has 114 valence electrons. The maximum Gasteiger partial charge on any atom is 0.244 e. The van der Waals surface area contributed by atoms with Gasteiger partial charge in [0.1, 0.15) is 16.5 Å². The SMILES string of the molecule is CCN[C@H](C)CNS(=O)(=O)c1cc(F)c(Br)cc1OC. The normalized spacial score (nSPS) is 13.2. The number of methoxy groups -OCH3 is 1. The zero-order valence-electron chi connectivity index (χ0n) is 11.5. The number of rotatable bonds is 7. The minimum atomic E-state index is -3.83. The quantitative estimate of drug-likeness (QED) is 0.770. The Morgan fingerprint density at radius 1 is 1.45 bits per heavy atom. The molecule has 8 heteroatoms. The van der Waals surface area contributed by atoms with Crippen LogP contribution >= 0.6 is 15.9 Å². The summed E-state index contributed by atoms with van der Waals surface area (Å²) < 4.78 is 45.5. The van der Waals surface area contributed by atoms with Crippen molar-refractivity contribution in [1.29, 1.82) is 0 Å². The van der Waals surface area contributed by atoms with E-state index in [4.69, 9.17) is 4.74 Å². The fourth-order valence-electron chi connectivity index (χ4n) is 1.61. The minimum absolute atomic E-state index is 0.0268. The van der Waals surface area contributed by atoms with Crippen LogP contribution in [0.3, 0.4) is 0 Å². The summed E-state index contributed by atoms with van der Waals surface area (Å²) in [6, 6.07) is 2.20. The standard InChI is InChI=1S/C12H18BrFN2O3S/c1-4-15-8(2)7-16-20(17,18)12-6-10(14)9(13)5-11(12)19-3/h5-6,8,15-16H,4,7H2,1-3H3/t8-/m1/s1. The summed E-state index contributed by atoms with van der Waals surface area (Å²) in [5.74, 6) is -0.576. The lowest BCUT2D eigenvalue weighted by atomic mass is 10.3. The number of halogens is 2. The first kappa shape index (κ1) is 17.4. The molecule has 0 aromatic heterocycles. The van der Waals surface area contributed by atoms with Gasteiger partial charge in [-0.25, -0.2) is 17.5 Å². The van der Waals surface area contributed by atoms with Crippen LogP contribution in [0.2, 0.25) is 0 Å². The van der Waals surface area contributed by atoms with Crippen LogP contribution < -0.4 is 14.8 Å². The molecular weight excluding hydrogens is 351 g/mol. The zero-order chi connectivity index (χ0) is 15.3. The van der Waals surface area contributed by atoms with Crippen LogP contribution in [-0.2, 0) is 10.0 Å². The molecule has 1 rings (SSSR count). The molecule has 0 fully saturated rings. The average Bonchev–Trinajstić information content (AvgIpc) is 2.39. The lowest BCUT2D eigenvalue weighted by Crippen LogP contribution is -2.38. The van der Waals surface area contributed by atoms with Crippen molar-refractivity contribution in [2.45, 2.75) is 24.8 Å². The van der Waals surface area contributed by atoms with E-state index in [1.807, 2.05) is 13.8 Å². The number of hydrogen-bond donors (Lipinski definition) is 2. The molecule has 0 aliphatic carbocycles. The van der Waals surface area contributed by atoms with Crippen LogP contribution in [0.4, 0.5) is 4.39 Å². The third-order valence-corrected chi connectivity index (χ3v) is 4.68. The van der Waals surface area contributed by atoms with Gasteiger partial charge >= 0.3 is 0 Å². The summed E-state index contributed by atoms with van der Waals surface area (Å²) in [5.41, 5.74) is 0. The molecule has 0 bridgehead atoms. The van der Waals surface area contributed by atoms with Gasteiger partial charge in [0.25, 0.3) is 0 Å². The topological polar surface area (TPSA) is 67.4 Å². The van der Waals surface area contributed by atoms with Gasteiger partial charge in [0.15, 0.2) is 0 Å². The lowest BCUT2D eigenvalue weighted by Gasteiger charge is -2.15. The highest BCUT2D eigenvalue weighted by Gasteiger charge is 2.22. The molecular formula is C12H18BrFN2O3S. The van der Waals surface area contributed by atoms with E-state index in [-0.39, 0.29) is 27.7 Å². The Hall–Kier alpha value is -0.700. The van der Waals surface area contributed by atoms with Crippen molar-refractivity contribution in [3.63, 3.8) is 0 Å². The van der Waals surface area contributed by atoms with Gasteiger partial charge in [-0.15, -0.1) is 0 Å². The number of ether oxygens (including phenoxy) is 1. The summed E-state index contributed by atoms with van der Waals surface area (Å²) in [5, 5.41) is 3.08. The van der Waals surface area contributed by atoms with Gasteiger partial charge in [-0.2, -0.15) is 0 Å². The summed E-state index contributed by atoms with van der Waals surface area (Å²) in [7, 11) is -2.50. The molecule has 0 aliphatic heterocycles. The van der Waals surface area contributed by atoms with E-state index in [0.717, 1.165) is 12.6 Å². The van der Waals surface area contributed by atoms with Crippen molar-refractivity contribution < 1.29 is 17.5 Å². The van der Waals surface area contributed by atoms with E-state index in [2.05, 4.69) is 26.0 Å². The molecule has 0 aliphatic rings. The van der Waals surface area contributed by atoms with Gasteiger partial charge in [-0.3, -0.25) is 0 Å². The Labute approximate surface area is 127 Å². The zero-order valence-corrected chi connectivity index (χ0v) is 13.9. The lowest BCUT2D eigenvalue weighted by molar-refractivity contribution is 0.399. The number of benzene rings is 1. The van der Waals surface area contributed by atoms with Crippen molar-refractivity contribution in [1.82, 2.24) is 10.0 Å². The molecule has 1 aromatic rings. The summed E-state index contributed by atoms with van der Waals surface area (Å²) in [4.78, 5) is -0.218. The van der Waals surface area contributed by atoms with Gasteiger partial charge in [-0.05, 0) is 41.5 Å². The second kappa shape index (κ2) is 7.35. The molecule has 20 heavy (non-hydrogen) atoms. The molecule has 5 nitrogen and oxygen atoms in total. The van der Waals surface area contributed by atoms with Crippen molar-refractivity contribution in [3.8, 4) is 5.75 Å². The molecule has 0 radical (unpaired) electrons. The fourth-order valence-corrected chi connectivity index (χ4v) is 3.23. The molecule has 0 heterocycles. The second-order valence-electron chi connectivity index (χ2n) is 4.23. The van der Waals surface area contributed by atoms with Crippen LogP contribution in [0.1, 0.15) is 13.8 Å². The number of hydrogen-bond acceptors (Lipinski definition) is 4. The van der Waals surface area contributed by atoms with E-state index in [0.29, 0.717) is 0 Å². The third kappa shape index (κ3) is 4.41. The van der Waals surface area contributed by atoms with Crippen molar-refractivity contribution in [3.05, 3.63) is 22.4 Å². The van der Waals surface area contributed by atoms with Crippen LogP contribution in [0.15, 0.2) is 21.5 Å². The van der Waals surface area contributed by atoms with Gasteiger partial charge in [0.05, 0.1) is 11.6 Å². The van der Waals surface area contributed by atoms with Crippen LogP contribution in [0, 0.1) is 5.82 Å². The van der Waals surface area contributed by atoms with Crippen LogP contribution in [-0.4, -0.2) is 34.7 Å². The Kier molecular flexibility index (Phi) is 6.38. The monoisotopic (exact) mass is 368 g/mol. The second-order valence-corrected chi connectivity index (χ2v) is 6.82. The molecule has 1 atom stereocenters. The molecule has 0 spiro atoms. The predicted molar refractivity (Wildman–Crippen MR) is 79.0 cm³/mol. The Morgan fingerprint density at radius 3 is 2.65 bits per heavy atom. The third-order valence-electron chi connectivity index (χ3n) is 2.63. The summed E-state index contributed by atoms with van der Waals surface area (Å²) in [6.07, 6.45) is 0. The number of sulfonamides is 1. The molecule has 2 N–H and O–H groups in total. The molecule has 0 amide bonds. The molecule has 0 saturated carbocycles. The maximum absolute atomic E-state index is 13.5. The molecule has 0 unspecified atom stereocenters. The van der Waals surface area contributed by atoms with Crippen LogP contribution in [0.5, 0.6) is 5.75 Å². The summed E-state index contributed by atoms with van der Waals surface area (Å²) in [6.45, 7) is 4.72. The molecule has 0 saturated heterocycles. The first-order chi connectivity index (χ1) is 9.31. The minimum Gasteiger partial charge on any atom is -0.495 e. The Bertz CT molecular complexity index is 566. The van der Waals surface area contributed by atoms with E-state index >= 15 is 0 Å². The van der Waals surface area contributed by atoms with Gasteiger partial charge in [0.2, 0.25) is 10.0 Å². The van der Waals surface area contributed by atoms with Crippen molar-refractivity contribution in [2.75, 3.05) is 20.2 Å². The predicted octanol–water partition coefficient (Wildman–Crippen LogP) is 1.87. The highest BCUT2D eigenvalue weighted by atomic mass is 79.9. The van der Waals surface area contributed by atoms with Crippen molar-refractivity contribution in [2.24, 2.45) is 0 Å². The van der Waals surface area contributed by atoms with Crippen LogP contribution in [0.25, 0.3) is 0 Å². The highest BCUT2D eigenvalue weighted by Crippen LogP contribution is 2.29. The number of nitrogens with one attached hydrogen (secondary N) is 2. The van der Waals surface area contributed by atoms with E-state index in [1.54, 1.807) is 0 Å². The number of likely N-dealkylation sites (N-methyl/N-ethyl adjacent to an activating group) is 1. The van der Waals surface area contributed by atoms with Gasteiger partial charge in [-0.1, -0.05) is 6.92 Å². The fraction of sp³-hybridized carbons (Fsp3) is 0.500. The highest BCUT2D eigenvalue weighted by molar-refractivity contribution is 9.10. The largest absolute Gasteiger partial charge is 0.495 e. The molecule has 1 aromatic carbocycles. The maximum atomic E-state index is 13.5. The average molecular weight is 369 g/mol. The van der Waals surface area contributed by atoms with E-state index in [1.165, 1.54) is 13.2 Å². The van der Waals surface area contributed by atoms with Gasteiger partial charge < -0.3 is 10.1 Å². The smallest absolute Gasteiger partial charge is 0.244 e. The Balaban J connectivity index is 3.00. The van der Waals surface area contributed by atoms with E-state index in [9.17, 15) is 12.8 Å². The first-order valence-corrected chi connectivity index (χ1v) is 8.35. The Morgan fingerprint density at radius 2 is 2.10 bits per heavy atom. The van der Waals surface area contributed by atoms with Crippen molar-refractivity contribution >= 4 is 26.0 Å². The first-order valence-electron chi connectivity index (χ1n) is 6.08. The summed E-state index contributed by atoms with van der Waals surface area (Å²) >= 11 is 2.99. The van der Waals surface area contributed by atoms with Gasteiger partial charge in [0, 0.05) is 12.6 Å². The van der Waals surface area contributed by atoms with E-state index < -0.39 is 15.8 Å².